The normalized spacial score (nSPS) is 25.8. The number of nitrogens with one attached hydrogen (secondary N) is 1. The smallest absolute Gasteiger partial charge is 0.118 e. The summed E-state index contributed by atoms with van der Waals surface area (Å²) in [5.74, 6) is 1.65. The third-order valence-electron chi connectivity index (χ3n) is 4.45. The topological polar surface area (TPSA) is 30.5 Å². The lowest BCUT2D eigenvalue weighted by Gasteiger charge is -2.40. The Kier molecular flexibility index (Phi) is 6.07. The van der Waals surface area contributed by atoms with E-state index in [2.05, 4.69) is 31.3 Å². The predicted octanol–water partition coefficient (Wildman–Crippen LogP) is 3.77. The molecule has 0 bridgehead atoms. The Morgan fingerprint density at radius 3 is 2.67 bits per heavy atom. The van der Waals surface area contributed by atoms with Crippen LogP contribution < -0.4 is 10.1 Å². The predicted molar refractivity (Wildman–Crippen MR) is 86.7 cm³/mol. The van der Waals surface area contributed by atoms with E-state index in [0.717, 1.165) is 31.2 Å². The van der Waals surface area contributed by atoms with Crippen molar-refractivity contribution in [2.24, 2.45) is 5.92 Å². The van der Waals surface area contributed by atoms with Crippen molar-refractivity contribution in [3.63, 3.8) is 0 Å². The third kappa shape index (κ3) is 4.72. The van der Waals surface area contributed by atoms with Gasteiger partial charge in [0.1, 0.15) is 5.75 Å². The van der Waals surface area contributed by atoms with E-state index in [4.69, 9.17) is 9.47 Å². The van der Waals surface area contributed by atoms with Gasteiger partial charge in [0.15, 0.2) is 0 Å². The molecule has 118 valence electrons. The van der Waals surface area contributed by atoms with E-state index < -0.39 is 0 Å². The Labute approximate surface area is 129 Å². The highest BCUT2D eigenvalue weighted by Gasteiger charge is 2.35. The van der Waals surface area contributed by atoms with Gasteiger partial charge in [-0.1, -0.05) is 38.8 Å². The van der Waals surface area contributed by atoms with Crippen molar-refractivity contribution in [3.05, 3.63) is 29.8 Å². The van der Waals surface area contributed by atoms with Crippen molar-refractivity contribution in [3.8, 4) is 5.75 Å². The van der Waals surface area contributed by atoms with Gasteiger partial charge in [-0.2, -0.15) is 0 Å². The fourth-order valence-corrected chi connectivity index (χ4v) is 3.27. The molecule has 0 radical (unpaired) electrons. The Morgan fingerprint density at radius 2 is 2.05 bits per heavy atom. The maximum absolute atomic E-state index is 6.40. The second-order valence-electron chi connectivity index (χ2n) is 6.30. The highest BCUT2D eigenvalue weighted by Crippen LogP contribution is 2.35. The molecule has 1 aliphatic carbocycles. The number of methoxy groups -OCH3 is 1. The van der Waals surface area contributed by atoms with Crippen LogP contribution in [0.4, 0.5) is 0 Å². The molecule has 1 aliphatic rings. The van der Waals surface area contributed by atoms with E-state index in [9.17, 15) is 0 Å². The van der Waals surface area contributed by atoms with Crippen molar-refractivity contribution >= 4 is 0 Å². The number of hydrogen-bond acceptors (Lipinski definition) is 3. The van der Waals surface area contributed by atoms with Crippen molar-refractivity contribution in [1.29, 1.82) is 0 Å². The van der Waals surface area contributed by atoms with Gasteiger partial charge in [0.2, 0.25) is 0 Å². The summed E-state index contributed by atoms with van der Waals surface area (Å²) >= 11 is 0. The zero-order valence-electron chi connectivity index (χ0n) is 13.7. The van der Waals surface area contributed by atoms with E-state index in [1.165, 1.54) is 24.8 Å². The van der Waals surface area contributed by atoms with Gasteiger partial charge in [-0.15, -0.1) is 0 Å². The molecule has 0 aliphatic heterocycles. The van der Waals surface area contributed by atoms with Gasteiger partial charge in [-0.3, -0.25) is 0 Å². The summed E-state index contributed by atoms with van der Waals surface area (Å²) in [6.07, 6.45) is 4.94. The molecule has 2 rings (SSSR count). The Hall–Kier alpha value is -1.06. The van der Waals surface area contributed by atoms with Crippen molar-refractivity contribution in [2.75, 3.05) is 20.2 Å². The van der Waals surface area contributed by atoms with Crippen LogP contribution in [-0.2, 0) is 11.3 Å². The minimum atomic E-state index is 0.00754. The SMILES string of the molecule is CCNCC1(OCc2ccc(OC)cc2)CCCC(C)C1. The molecule has 1 aromatic carbocycles. The average molecular weight is 291 g/mol. The first-order chi connectivity index (χ1) is 10.2. The number of rotatable bonds is 7. The molecule has 1 N–H and O–H groups in total. The average Bonchev–Trinajstić information content (AvgIpc) is 2.52. The summed E-state index contributed by atoms with van der Waals surface area (Å²) in [7, 11) is 1.69. The van der Waals surface area contributed by atoms with Gasteiger partial charge in [-0.25, -0.2) is 0 Å². The molecule has 2 unspecified atom stereocenters. The summed E-state index contributed by atoms with van der Waals surface area (Å²) in [6.45, 7) is 7.15. The quantitative estimate of drug-likeness (QED) is 0.829. The summed E-state index contributed by atoms with van der Waals surface area (Å²) in [4.78, 5) is 0. The molecule has 1 aromatic rings. The van der Waals surface area contributed by atoms with Crippen LogP contribution in [0.2, 0.25) is 0 Å². The van der Waals surface area contributed by atoms with Crippen LogP contribution >= 0.6 is 0 Å². The van der Waals surface area contributed by atoms with Gasteiger partial charge in [-0.05, 0) is 43.0 Å². The van der Waals surface area contributed by atoms with Gasteiger partial charge < -0.3 is 14.8 Å². The van der Waals surface area contributed by atoms with Crippen LogP contribution in [-0.4, -0.2) is 25.8 Å². The molecule has 0 heterocycles. The zero-order chi connectivity index (χ0) is 15.1. The van der Waals surface area contributed by atoms with Gasteiger partial charge in [0.25, 0.3) is 0 Å². The monoisotopic (exact) mass is 291 g/mol. The summed E-state index contributed by atoms with van der Waals surface area (Å²) < 4.78 is 11.6. The number of benzene rings is 1. The van der Waals surface area contributed by atoms with Crippen molar-refractivity contribution < 1.29 is 9.47 Å². The first-order valence-electron chi connectivity index (χ1n) is 8.15. The minimum Gasteiger partial charge on any atom is -0.497 e. The first-order valence-corrected chi connectivity index (χ1v) is 8.15. The second-order valence-corrected chi connectivity index (χ2v) is 6.30. The van der Waals surface area contributed by atoms with Crippen LogP contribution in [0.5, 0.6) is 5.75 Å². The molecule has 0 amide bonds. The molecule has 2 atom stereocenters. The Balaban J connectivity index is 1.97. The van der Waals surface area contributed by atoms with Gasteiger partial charge in [0.05, 0.1) is 19.3 Å². The number of ether oxygens (including phenoxy) is 2. The molecule has 3 heteroatoms. The zero-order valence-corrected chi connectivity index (χ0v) is 13.7. The maximum atomic E-state index is 6.40. The van der Waals surface area contributed by atoms with Crippen molar-refractivity contribution in [2.45, 2.75) is 51.7 Å². The van der Waals surface area contributed by atoms with E-state index in [1.807, 2.05) is 12.1 Å². The van der Waals surface area contributed by atoms with E-state index >= 15 is 0 Å². The van der Waals surface area contributed by atoms with E-state index in [-0.39, 0.29) is 5.60 Å². The third-order valence-corrected chi connectivity index (χ3v) is 4.45. The lowest BCUT2D eigenvalue weighted by atomic mass is 9.78. The van der Waals surface area contributed by atoms with Crippen molar-refractivity contribution in [1.82, 2.24) is 5.32 Å². The van der Waals surface area contributed by atoms with E-state index in [1.54, 1.807) is 7.11 Å². The highest BCUT2D eigenvalue weighted by molar-refractivity contribution is 5.26. The molecular weight excluding hydrogens is 262 g/mol. The van der Waals surface area contributed by atoms with E-state index in [0.29, 0.717) is 6.61 Å². The van der Waals surface area contributed by atoms with Crippen LogP contribution in [0.3, 0.4) is 0 Å². The molecule has 3 nitrogen and oxygen atoms in total. The van der Waals surface area contributed by atoms with Crippen LogP contribution in [0.15, 0.2) is 24.3 Å². The number of likely N-dealkylation sites (N-methyl/N-ethyl adjacent to an activating group) is 1. The molecular formula is C18H29NO2. The Bertz CT molecular complexity index is 418. The van der Waals surface area contributed by atoms with Crippen LogP contribution in [0.1, 0.15) is 45.1 Å². The second kappa shape index (κ2) is 7.81. The summed E-state index contributed by atoms with van der Waals surface area (Å²) in [5.41, 5.74) is 1.22. The summed E-state index contributed by atoms with van der Waals surface area (Å²) in [5, 5.41) is 3.49. The summed E-state index contributed by atoms with van der Waals surface area (Å²) in [6, 6.07) is 8.18. The highest BCUT2D eigenvalue weighted by atomic mass is 16.5. The maximum Gasteiger partial charge on any atom is 0.118 e. The molecule has 21 heavy (non-hydrogen) atoms. The first kappa shape index (κ1) is 16.3. The molecule has 0 saturated heterocycles. The fraction of sp³-hybridized carbons (Fsp3) is 0.667. The van der Waals surface area contributed by atoms with Crippen LogP contribution in [0, 0.1) is 5.92 Å². The lowest BCUT2D eigenvalue weighted by molar-refractivity contribution is -0.0887. The largest absolute Gasteiger partial charge is 0.497 e. The number of hydrogen-bond donors (Lipinski definition) is 1. The van der Waals surface area contributed by atoms with Gasteiger partial charge >= 0.3 is 0 Å². The molecule has 0 spiro atoms. The minimum absolute atomic E-state index is 0.00754. The van der Waals surface area contributed by atoms with Crippen LogP contribution in [0.25, 0.3) is 0 Å². The molecule has 1 saturated carbocycles. The Morgan fingerprint density at radius 1 is 1.29 bits per heavy atom. The molecule has 1 fully saturated rings. The standard InChI is InChI=1S/C18H29NO2/c1-4-19-14-18(11-5-6-15(2)12-18)21-13-16-7-9-17(20-3)10-8-16/h7-10,15,19H,4-6,11-14H2,1-3H3. The fourth-order valence-electron chi connectivity index (χ4n) is 3.27. The van der Waals surface area contributed by atoms with Gasteiger partial charge in [0, 0.05) is 6.54 Å². The molecule has 0 aromatic heterocycles. The lowest BCUT2D eigenvalue weighted by Crippen LogP contribution is -2.46.